The molecule has 21 heavy (non-hydrogen) atoms. The van der Waals surface area contributed by atoms with Crippen LogP contribution in [0.3, 0.4) is 0 Å². The van der Waals surface area contributed by atoms with E-state index in [1.54, 1.807) is 0 Å². The van der Waals surface area contributed by atoms with Gasteiger partial charge in [-0.3, -0.25) is 0 Å². The first-order valence-corrected chi connectivity index (χ1v) is 7.97. The third-order valence-electron chi connectivity index (χ3n) is 3.35. The van der Waals surface area contributed by atoms with Gasteiger partial charge in [-0.1, -0.05) is 26.0 Å². The summed E-state index contributed by atoms with van der Waals surface area (Å²) < 4.78 is 11.6. The van der Waals surface area contributed by atoms with Crippen LogP contribution in [0, 0.1) is 5.92 Å². The number of rotatable bonds is 9. The second-order valence-corrected chi connectivity index (χ2v) is 6.35. The van der Waals surface area contributed by atoms with Gasteiger partial charge in [0.15, 0.2) is 0 Å². The van der Waals surface area contributed by atoms with E-state index < -0.39 is 0 Å². The molecule has 2 atom stereocenters. The normalized spacial score (nSPS) is 14.5. The number of likely N-dealkylation sites (N-methyl/N-ethyl adjacent to an activating group) is 1. The van der Waals surface area contributed by atoms with E-state index in [9.17, 15) is 0 Å². The molecule has 0 amide bonds. The Labute approximate surface area is 130 Å². The van der Waals surface area contributed by atoms with Gasteiger partial charge in [-0.2, -0.15) is 0 Å². The summed E-state index contributed by atoms with van der Waals surface area (Å²) in [5.74, 6) is 1.58. The predicted octanol–water partition coefficient (Wildman–Crippen LogP) is 4.19. The fourth-order valence-corrected chi connectivity index (χ4v) is 2.39. The second kappa shape index (κ2) is 9.06. The number of hydrogen-bond acceptors (Lipinski definition) is 3. The summed E-state index contributed by atoms with van der Waals surface area (Å²) in [6.45, 7) is 11.4. The molecule has 0 radical (unpaired) electrons. The van der Waals surface area contributed by atoms with Gasteiger partial charge < -0.3 is 14.8 Å². The van der Waals surface area contributed by atoms with Crippen LogP contribution < -0.4 is 10.1 Å². The molecule has 2 unspecified atom stereocenters. The molecular weight excluding hydrogens is 262 g/mol. The van der Waals surface area contributed by atoms with E-state index in [1.807, 2.05) is 33.0 Å². The van der Waals surface area contributed by atoms with Crippen molar-refractivity contribution in [2.24, 2.45) is 5.92 Å². The van der Waals surface area contributed by atoms with Crippen molar-refractivity contribution in [2.45, 2.75) is 59.3 Å². The minimum absolute atomic E-state index is 0.205. The van der Waals surface area contributed by atoms with E-state index in [2.05, 4.69) is 38.2 Å². The zero-order valence-electron chi connectivity index (χ0n) is 14.3. The first-order chi connectivity index (χ1) is 9.92. The summed E-state index contributed by atoms with van der Waals surface area (Å²) in [5.41, 5.74) is 1.23. The van der Waals surface area contributed by atoms with Crippen LogP contribution in [0.25, 0.3) is 0 Å². The highest BCUT2D eigenvalue weighted by Gasteiger charge is 2.13. The van der Waals surface area contributed by atoms with Crippen LogP contribution in [0.2, 0.25) is 0 Å². The van der Waals surface area contributed by atoms with Crippen LogP contribution in [0.5, 0.6) is 5.75 Å². The predicted molar refractivity (Wildman–Crippen MR) is 88.9 cm³/mol. The maximum absolute atomic E-state index is 5.96. The molecule has 0 saturated heterocycles. The van der Waals surface area contributed by atoms with E-state index in [0.29, 0.717) is 18.6 Å². The zero-order chi connectivity index (χ0) is 15.8. The molecule has 0 spiro atoms. The lowest BCUT2D eigenvalue weighted by molar-refractivity contribution is 0.0382. The van der Waals surface area contributed by atoms with Crippen molar-refractivity contribution < 1.29 is 9.47 Å². The molecule has 0 bridgehead atoms. The lowest BCUT2D eigenvalue weighted by Crippen LogP contribution is -2.24. The smallest absolute Gasteiger partial charge is 0.119 e. The minimum atomic E-state index is 0.205. The first kappa shape index (κ1) is 18.0. The summed E-state index contributed by atoms with van der Waals surface area (Å²) in [6.07, 6.45) is 1.60. The maximum atomic E-state index is 5.96. The molecule has 0 saturated carbocycles. The average Bonchev–Trinajstić information content (AvgIpc) is 2.39. The third-order valence-corrected chi connectivity index (χ3v) is 3.35. The van der Waals surface area contributed by atoms with Crippen molar-refractivity contribution in [3.05, 3.63) is 29.8 Å². The number of benzene rings is 1. The van der Waals surface area contributed by atoms with Gasteiger partial charge in [0.1, 0.15) is 5.75 Å². The van der Waals surface area contributed by atoms with Crippen LogP contribution in [0.1, 0.15) is 52.6 Å². The summed E-state index contributed by atoms with van der Waals surface area (Å²) >= 11 is 0. The van der Waals surface area contributed by atoms with E-state index >= 15 is 0 Å². The molecular formula is C18H31NO2. The van der Waals surface area contributed by atoms with Crippen LogP contribution >= 0.6 is 0 Å². The van der Waals surface area contributed by atoms with E-state index in [-0.39, 0.29) is 12.1 Å². The van der Waals surface area contributed by atoms with E-state index in [4.69, 9.17) is 9.47 Å². The summed E-state index contributed by atoms with van der Waals surface area (Å²) in [5, 5.41) is 3.32. The van der Waals surface area contributed by atoms with Gasteiger partial charge >= 0.3 is 0 Å². The molecule has 1 aromatic rings. The van der Waals surface area contributed by atoms with Gasteiger partial charge in [0, 0.05) is 0 Å². The average molecular weight is 293 g/mol. The number of ether oxygens (including phenoxy) is 2. The second-order valence-electron chi connectivity index (χ2n) is 6.35. The molecule has 0 fully saturated rings. The first-order valence-electron chi connectivity index (χ1n) is 7.97. The van der Waals surface area contributed by atoms with Gasteiger partial charge in [-0.15, -0.1) is 0 Å². The minimum Gasteiger partial charge on any atom is -0.491 e. The van der Waals surface area contributed by atoms with Gasteiger partial charge in [0.2, 0.25) is 0 Å². The Morgan fingerprint density at radius 1 is 1.00 bits per heavy atom. The van der Waals surface area contributed by atoms with Crippen LogP contribution in [-0.4, -0.2) is 25.9 Å². The molecule has 3 heteroatoms. The maximum Gasteiger partial charge on any atom is 0.119 e. The molecule has 1 rings (SSSR count). The number of nitrogens with one attached hydrogen (secondary N) is 1. The topological polar surface area (TPSA) is 30.5 Å². The Kier molecular flexibility index (Phi) is 7.76. The Morgan fingerprint density at radius 3 is 2.10 bits per heavy atom. The highest BCUT2D eigenvalue weighted by molar-refractivity contribution is 5.29. The SMILES string of the molecule is CNC(COC(C)CC(C)C)c1ccc(OC(C)C)cc1. The van der Waals surface area contributed by atoms with Gasteiger partial charge in [0.25, 0.3) is 0 Å². The lowest BCUT2D eigenvalue weighted by Gasteiger charge is -2.21. The van der Waals surface area contributed by atoms with Crippen molar-refractivity contribution in [2.75, 3.05) is 13.7 Å². The van der Waals surface area contributed by atoms with Gasteiger partial charge in [-0.25, -0.2) is 0 Å². The van der Waals surface area contributed by atoms with Crippen molar-refractivity contribution in [3.63, 3.8) is 0 Å². The highest BCUT2D eigenvalue weighted by atomic mass is 16.5. The summed E-state index contributed by atoms with van der Waals surface area (Å²) in [4.78, 5) is 0. The summed E-state index contributed by atoms with van der Waals surface area (Å²) in [6, 6.07) is 8.48. The zero-order valence-corrected chi connectivity index (χ0v) is 14.3. The van der Waals surface area contributed by atoms with Crippen molar-refractivity contribution in [1.29, 1.82) is 0 Å². The number of hydrogen-bond donors (Lipinski definition) is 1. The van der Waals surface area contributed by atoms with Crippen LogP contribution in [0.4, 0.5) is 0 Å². The van der Waals surface area contributed by atoms with Gasteiger partial charge in [0.05, 0.1) is 24.9 Å². The molecule has 0 aromatic heterocycles. The van der Waals surface area contributed by atoms with Crippen molar-refractivity contribution >= 4 is 0 Å². The third kappa shape index (κ3) is 6.96. The molecule has 3 nitrogen and oxygen atoms in total. The monoisotopic (exact) mass is 293 g/mol. The lowest BCUT2D eigenvalue weighted by atomic mass is 10.1. The van der Waals surface area contributed by atoms with Crippen LogP contribution in [-0.2, 0) is 4.74 Å². The van der Waals surface area contributed by atoms with Crippen molar-refractivity contribution in [1.82, 2.24) is 5.32 Å². The Morgan fingerprint density at radius 2 is 1.62 bits per heavy atom. The van der Waals surface area contributed by atoms with Crippen molar-refractivity contribution in [3.8, 4) is 5.75 Å². The fourth-order valence-electron chi connectivity index (χ4n) is 2.39. The molecule has 0 heterocycles. The Balaban J connectivity index is 2.55. The molecule has 0 aliphatic carbocycles. The van der Waals surface area contributed by atoms with E-state index in [0.717, 1.165) is 12.2 Å². The van der Waals surface area contributed by atoms with Crippen LogP contribution in [0.15, 0.2) is 24.3 Å². The molecule has 1 aromatic carbocycles. The Hall–Kier alpha value is -1.06. The fraction of sp³-hybridized carbons (Fsp3) is 0.667. The quantitative estimate of drug-likeness (QED) is 0.740. The van der Waals surface area contributed by atoms with Gasteiger partial charge in [-0.05, 0) is 57.9 Å². The highest BCUT2D eigenvalue weighted by Crippen LogP contribution is 2.20. The Bertz CT molecular complexity index is 387. The van der Waals surface area contributed by atoms with E-state index in [1.165, 1.54) is 5.56 Å². The largest absolute Gasteiger partial charge is 0.491 e. The molecule has 120 valence electrons. The molecule has 0 aliphatic heterocycles. The molecule has 0 aliphatic rings. The standard InChI is InChI=1S/C18H31NO2/c1-13(2)11-15(5)20-12-18(19-6)16-7-9-17(10-8-16)21-14(3)4/h7-10,13-15,18-19H,11-12H2,1-6H3. The molecule has 1 N–H and O–H groups in total. The summed E-state index contributed by atoms with van der Waals surface area (Å²) in [7, 11) is 1.97.